The molecule has 90 valence electrons. The summed E-state index contributed by atoms with van der Waals surface area (Å²) < 4.78 is 35.7. The number of nitrogens with one attached hydrogen (secondary N) is 2. The SMILES string of the molecule is O=C(NCC(O)C(F)(F)F)C1=CC=NNC1. The monoisotopic (exact) mass is 237 g/mol. The van der Waals surface area contributed by atoms with E-state index < -0.39 is 24.7 Å². The van der Waals surface area contributed by atoms with Crippen molar-refractivity contribution in [2.45, 2.75) is 12.3 Å². The zero-order chi connectivity index (χ0) is 12.2. The van der Waals surface area contributed by atoms with Gasteiger partial charge in [-0.25, -0.2) is 0 Å². The summed E-state index contributed by atoms with van der Waals surface area (Å²) in [7, 11) is 0. The van der Waals surface area contributed by atoms with Crippen molar-refractivity contribution in [3.8, 4) is 0 Å². The first-order valence-corrected chi connectivity index (χ1v) is 4.39. The molecule has 1 aliphatic rings. The number of aliphatic hydroxyl groups excluding tert-OH is 1. The van der Waals surface area contributed by atoms with Gasteiger partial charge in [0.15, 0.2) is 6.10 Å². The van der Waals surface area contributed by atoms with Crippen LogP contribution in [-0.4, -0.2) is 42.6 Å². The molecule has 1 amide bonds. The Kier molecular flexibility index (Phi) is 3.88. The summed E-state index contributed by atoms with van der Waals surface area (Å²) in [5.41, 5.74) is 2.74. The fourth-order valence-electron chi connectivity index (χ4n) is 0.944. The molecule has 1 atom stereocenters. The van der Waals surface area contributed by atoms with Crippen LogP contribution in [0.5, 0.6) is 0 Å². The number of hydrogen-bond acceptors (Lipinski definition) is 4. The summed E-state index contributed by atoms with van der Waals surface area (Å²) in [6.45, 7) is -0.721. The third-order valence-electron chi connectivity index (χ3n) is 1.84. The first-order valence-electron chi connectivity index (χ1n) is 4.39. The first-order chi connectivity index (χ1) is 7.41. The third-order valence-corrected chi connectivity index (χ3v) is 1.84. The minimum atomic E-state index is -4.73. The molecule has 16 heavy (non-hydrogen) atoms. The van der Waals surface area contributed by atoms with Gasteiger partial charge in [0.25, 0.3) is 0 Å². The second-order valence-corrected chi connectivity index (χ2v) is 3.07. The zero-order valence-electron chi connectivity index (χ0n) is 8.08. The van der Waals surface area contributed by atoms with Crippen molar-refractivity contribution in [2.75, 3.05) is 13.1 Å². The Morgan fingerprint density at radius 1 is 1.69 bits per heavy atom. The molecule has 1 rings (SSSR count). The summed E-state index contributed by atoms with van der Waals surface area (Å²) in [6, 6.07) is 0. The van der Waals surface area contributed by atoms with E-state index in [4.69, 9.17) is 5.11 Å². The Bertz CT molecular complexity index is 325. The van der Waals surface area contributed by atoms with E-state index in [1.54, 1.807) is 0 Å². The minimum absolute atomic E-state index is 0.143. The molecule has 0 aliphatic carbocycles. The lowest BCUT2D eigenvalue weighted by Gasteiger charge is -2.16. The Balaban J connectivity index is 2.41. The second-order valence-electron chi connectivity index (χ2n) is 3.07. The van der Waals surface area contributed by atoms with Gasteiger partial charge in [0, 0.05) is 11.8 Å². The van der Waals surface area contributed by atoms with Gasteiger partial charge in [-0.3, -0.25) is 4.79 Å². The standard InChI is InChI=1S/C8H10F3N3O2/c9-8(10,11)6(15)4-12-7(16)5-1-2-13-14-3-5/h1-2,6,14-15H,3-4H2,(H,12,16). The zero-order valence-corrected chi connectivity index (χ0v) is 8.08. The maximum atomic E-state index is 11.9. The number of nitrogens with zero attached hydrogens (tertiary/aromatic N) is 1. The van der Waals surface area contributed by atoms with E-state index in [1.807, 2.05) is 5.32 Å². The smallest absolute Gasteiger partial charge is 0.382 e. The highest BCUT2D eigenvalue weighted by Gasteiger charge is 2.38. The van der Waals surface area contributed by atoms with Crippen LogP contribution in [-0.2, 0) is 4.79 Å². The number of hydrazone groups is 1. The van der Waals surface area contributed by atoms with Gasteiger partial charge in [-0.1, -0.05) is 0 Å². The molecule has 1 heterocycles. The fraction of sp³-hybridized carbons (Fsp3) is 0.500. The average Bonchev–Trinajstić information content (AvgIpc) is 2.25. The lowest BCUT2D eigenvalue weighted by atomic mass is 10.2. The fourth-order valence-corrected chi connectivity index (χ4v) is 0.944. The van der Waals surface area contributed by atoms with Crippen molar-refractivity contribution >= 4 is 12.1 Å². The van der Waals surface area contributed by atoms with E-state index in [2.05, 4.69) is 10.5 Å². The van der Waals surface area contributed by atoms with E-state index in [0.717, 1.165) is 0 Å². The van der Waals surface area contributed by atoms with Crippen molar-refractivity contribution in [3.63, 3.8) is 0 Å². The average molecular weight is 237 g/mol. The van der Waals surface area contributed by atoms with Crippen molar-refractivity contribution in [2.24, 2.45) is 5.10 Å². The predicted octanol–water partition coefficient (Wildman–Crippen LogP) is -0.459. The minimum Gasteiger partial charge on any atom is -0.382 e. The Labute approximate surface area is 89.0 Å². The van der Waals surface area contributed by atoms with Gasteiger partial charge >= 0.3 is 6.18 Å². The number of carbonyl (C=O) groups excluding carboxylic acids is 1. The van der Waals surface area contributed by atoms with Crippen LogP contribution in [0.3, 0.4) is 0 Å². The molecule has 0 saturated heterocycles. The van der Waals surface area contributed by atoms with Crippen LogP contribution in [0.1, 0.15) is 0 Å². The maximum Gasteiger partial charge on any atom is 0.416 e. The predicted molar refractivity (Wildman–Crippen MR) is 49.6 cm³/mol. The molecular weight excluding hydrogens is 227 g/mol. The van der Waals surface area contributed by atoms with Crippen LogP contribution in [0.2, 0.25) is 0 Å². The highest BCUT2D eigenvalue weighted by molar-refractivity contribution is 5.98. The van der Waals surface area contributed by atoms with Gasteiger partial charge in [-0.2, -0.15) is 18.3 Å². The van der Waals surface area contributed by atoms with E-state index in [0.29, 0.717) is 0 Å². The van der Waals surface area contributed by atoms with Crippen LogP contribution >= 0.6 is 0 Å². The van der Waals surface area contributed by atoms with Gasteiger partial charge in [-0.15, -0.1) is 0 Å². The Morgan fingerprint density at radius 3 is 2.88 bits per heavy atom. The van der Waals surface area contributed by atoms with Gasteiger partial charge in [0.1, 0.15) is 0 Å². The number of aliphatic hydroxyl groups is 1. The van der Waals surface area contributed by atoms with E-state index in [-0.39, 0.29) is 12.1 Å². The molecule has 0 aromatic heterocycles. The molecule has 3 N–H and O–H groups in total. The van der Waals surface area contributed by atoms with Gasteiger partial charge < -0.3 is 15.8 Å². The van der Waals surface area contributed by atoms with Crippen LogP contribution in [0.15, 0.2) is 16.8 Å². The van der Waals surface area contributed by atoms with Crippen molar-refractivity contribution in [3.05, 3.63) is 11.6 Å². The molecule has 0 saturated carbocycles. The molecule has 0 spiro atoms. The van der Waals surface area contributed by atoms with Gasteiger partial charge in [-0.05, 0) is 6.08 Å². The molecule has 0 fully saturated rings. The molecule has 0 bridgehead atoms. The number of carbonyl (C=O) groups is 1. The third kappa shape index (κ3) is 3.54. The van der Waals surface area contributed by atoms with Crippen molar-refractivity contribution in [1.82, 2.24) is 10.7 Å². The van der Waals surface area contributed by atoms with Crippen LogP contribution < -0.4 is 10.7 Å². The van der Waals surface area contributed by atoms with E-state index in [9.17, 15) is 18.0 Å². The molecule has 0 aromatic rings. The lowest BCUT2D eigenvalue weighted by molar-refractivity contribution is -0.201. The Hall–Kier alpha value is -1.57. The molecule has 8 heteroatoms. The molecule has 5 nitrogen and oxygen atoms in total. The van der Waals surface area contributed by atoms with Crippen molar-refractivity contribution < 1.29 is 23.1 Å². The maximum absolute atomic E-state index is 11.9. The molecule has 1 aliphatic heterocycles. The molecule has 1 unspecified atom stereocenters. The number of halogens is 3. The first kappa shape index (κ1) is 12.5. The number of amides is 1. The van der Waals surface area contributed by atoms with Gasteiger partial charge in [0.05, 0.1) is 13.1 Å². The summed E-state index contributed by atoms with van der Waals surface area (Å²) in [5, 5.41) is 14.2. The quantitative estimate of drug-likeness (QED) is 0.622. The number of hydrogen-bond donors (Lipinski definition) is 3. The normalized spacial score (nSPS) is 17.4. The summed E-state index contributed by atoms with van der Waals surface area (Å²) >= 11 is 0. The van der Waals surface area contributed by atoms with E-state index in [1.165, 1.54) is 12.3 Å². The van der Waals surface area contributed by atoms with Gasteiger partial charge in [0.2, 0.25) is 5.91 Å². The topological polar surface area (TPSA) is 73.7 Å². The van der Waals surface area contributed by atoms with Crippen LogP contribution in [0.25, 0.3) is 0 Å². The highest BCUT2D eigenvalue weighted by Crippen LogP contribution is 2.19. The number of rotatable bonds is 3. The molecule has 0 radical (unpaired) electrons. The number of alkyl halides is 3. The molecule has 0 aromatic carbocycles. The largest absolute Gasteiger partial charge is 0.416 e. The van der Waals surface area contributed by atoms with Crippen LogP contribution in [0.4, 0.5) is 13.2 Å². The van der Waals surface area contributed by atoms with Crippen molar-refractivity contribution in [1.29, 1.82) is 0 Å². The second kappa shape index (κ2) is 4.97. The summed E-state index contributed by atoms with van der Waals surface area (Å²) in [6.07, 6.45) is -4.58. The van der Waals surface area contributed by atoms with Crippen LogP contribution in [0, 0.1) is 0 Å². The number of allylic oxidation sites excluding steroid dienone is 1. The highest BCUT2D eigenvalue weighted by atomic mass is 19.4. The molecular formula is C8H10F3N3O2. The summed E-state index contributed by atoms with van der Waals surface area (Å²) in [5.74, 6) is -0.665. The van der Waals surface area contributed by atoms with E-state index >= 15 is 0 Å². The Morgan fingerprint density at radius 2 is 2.38 bits per heavy atom. The lowest BCUT2D eigenvalue weighted by Crippen LogP contribution is -2.42. The summed E-state index contributed by atoms with van der Waals surface area (Å²) in [4.78, 5) is 11.3.